The van der Waals surface area contributed by atoms with Gasteiger partial charge in [0.25, 0.3) is 5.91 Å². The first-order valence-electron chi connectivity index (χ1n) is 8.34. The predicted octanol–water partition coefficient (Wildman–Crippen LogP) is 3.26. The van der Waals surface area contributed by atoms with Crippen molar-refractivity contribution in [1.82, 2.24) is 9.62 Å². The topological polar surface area (TPSA) is 75.4 Å². The van der Waals surface area contributed by atoms with Gasteiger partial charge in [0.2, 0.25) is 0 Å². The maximum atomic E-state index is 13.0. The first-order chi connectivity index (χ1) is 12.0. The summed E-state index contributed by atoms with van der Waals surface area (Å²) in [6.45, 7) is 7.37. The van der Waals surface area contributed by atoms with Crippen molar-refractivity contribution in [2.45, 2.75) is 37.5 Å². The molecule has 0 aromatic heterocycles. The van der Waals surface area contributed by atoms with E-state index in [-0.39, 0.29) is 5.91 Å². The van der Waals surface area contributed by atoms with Crippen LogP contribution in [0.15, 0.2) is 46.3 Å². The van der Waals surface area contributed by atoms with Crippen LogP contribution in [-0.2, 0) is 11.0 Å². The number of carbonyl (C=O) groups excluding carboxylic acids is 1. The monoisotopic (exact) mass is 379 g/mol. The molecule has 0 spiro atoms. The quantitative estimate of drug-likeness (QED) is 0.795. The normalized spacial score (nSPS) is 17.2. The maximum Gasteiger partial charge on any atom is 0.256 e. The number of nitrogens with two attached hydrogens (primary N) is 1. The van der Waals surface area contributed by atoms with Crippen LogP contribution in [0.3, 0.4) is 0 Å². The summed E-state index contributed by atoms with van der Waals surface area (Å²) in [7, 11) is -1.24. The van der Waals surface area contributed by atoms with E-state index in [4.69, 9.17) is 5.73 Å². The Balaban J connectivity index is 2.14. The molecule has 7 heteroatoms. The van der Waals surface area contributed by atoms with Gasteiger partial charge in [-0.25, -0.2) is 8.51 Å². The maximum absolute atomic E-state index is 13.0. The second kappa shape index (κ2) is 9.79. The van der Waals surface area contributed by atoms with Gasteiger partial charge >= 0.3 is 0 Å². The van der Waals surface area contributed by atoms with Crippen LogP contribution < -0.4 is 11.1 Å². The number of nitrogens with zero attached hydrogens (tertiary/aromatic N) is 1. The van der Waals surface area contributed by atoms with Crippen molar-refractivity contribution in [3.05, 3.63) is 52.5 Å². The summed E-state index contributed by atoms with van der Waals surface area (Å²) in [5, 5.41) is 4.84. The molecule has 1 aromatic carbocycles. The van der Waals surface area contributed by atoms with Crippen LogP contribution >= 0.6 is 11.8 Å². The van der Waals surface area contributed by atoms with Gasteiger partial charge in [-0.15, -0.1) is 0 Å². The molecule has 0 saturated carbocycles. The molecule has 0 bridgehead atoms. The smallest absolute Gasteiger partial charge is 0.256 e. The lowest BCUT2D eigenvalue weighted by molar-refractivity contribution is 0.0969. The highest BCUT2D eigenvalue weighted by atomic mass is 32.2. The second-order valence-corrected chi connectivity index (χ2v) is 8.35. The Morgan fingerprint density at radius 1 is 1.32 bits per heavy atom. The van der Waals surface area contributed by atoms with E-state index in [9.17, 15) is 9.00 Å². The van der Waals surface area contributed by atoms with E-state index in [1.807, 2.05) is 17.3 Å². The van der Waals surface area contributed by atoms with Gasteiger partial charge in [-0.1, -0.05) is 37.2 Å². The molecule has 2 rings (SSSR count). The number of hydrogen-bond donors (Lipinski definition) is 2. The van der Waals surface area contributed by atoms with Gasteiger partial charge in [-0.3, -0.25) is 4.79 Å². The molecule has 25 heavy (non-hydrogen) atoms. The minimum absolute atomic E-state index is 0.267. The molecular weight excluding hydrogens is 354 g/mol. The highest BCUT2D eigenvalue weighted by Gasteiger charge is 2.20. The Kier molecular flexibility index (Phi) is 7.74. The number of hydrogen-bond acceptors (Lipinski definition) is 4. The van der Waals surface area contributed by atoms with Crippen molar-refractivity contribution < 1.29 is 9.00 Å². The zero-order valence-corrected chi connectivity index (χ0v) is 16.1. The minimum atomic E-state index is -1.24. The average molecular weight is 380 g/mol. The second-order valence-electron chi connectivity index (χ2n) is 5.90. The molecule has 5 nitrogen and oxygen atoms in total. The Hall–Kier alpha value is -1.57. The molecule has 1 atom stereocenters. The standard InChI is InChI=1S/C18H25N3O2S2/c1-14-7-8-16(18(22)20-15(2)24-12-9-19)13-17(14)25(23)21-10-5-3-4-6-11-21/h7-9,12-13H,2-6,10-11,19H2,1H3,(H,20,22)/b12-9-. The number of nitrogens with one attached hydrogen (secondary N) is 1. The summed E-state index contributed by atoms with van der Waals surface area (Å²) in [6.07, 6.45) is 5.89. The lowest BCUT2D eigenvalue weighted by Gasteiger charge is -2.20. The lowest BCUT2D eigenvalue weighted by Crippen LogP contribution is -2.28. The Morgan fingerprint density at radius 2 is 2.00 bits per heavy atom. The molecule has 1 aromatic rings. The van der Waals surface area contributed by atoms with E-state index < -0.39 is 11.0 Å². The van der Waals surface area contributed by atoms with Gasteiger partial charge in [0.1, 0.15) is 11.0 Å². The molecule has 1 aliphatic heterocycles. The zero-order chi connectivity index (χ0) is 18.2. The van der Waals surface area contributed by atoms with E-state index in [1.54, 1.807) is 17.5 Å². The number of aryl methyl sites for hydroxylation is 1. The van der Waals surface area contributed by atoms with E-state index >= 15 is 0 Å². The minimum Gasteiger partial charge on any atom is -0.404 e. The SMILES string of the molecule is C=C(NC(=O)c1ccc(C)c(S(=O)N2CCCCCC2)c1)S/C=C\N. The molecular formula is C18H25N3O2S2. The summed E-state index contributed by atoms with van der Waals surface area (Å²) in [5.74, 6) is -0.267. The molecule has 1 aliphatic rings. The predicted molar refractivity (Wildman–Crippen MR) is 105 cm³/mol. The van der Waals surface area contributed by atoms with Crippen molar-refractivity contribution in [3.8, 4) is 0 Å². The summed E-state index contributed by atoms with van der Waals surface area (Å²) in [6, 6.07) is 5.31. The van der Waals surface area contributed by atoms with E-state index in [0.717, 1.165) is 31.5 Å². The highest BCUT2D eigenvalue weighted by molar-refractivity contribution is 8.05. The molecule has 1 saturated heterocycles. The Bertz CT molecular complexity index is 681. The van der Waals surface area contributed by atoms with Crippen LogP contribution in [0.4, 0.5) is 0 Å². The third kappa shape index (κ3) is 5.73. The number of rotatable bonds is 6. The first-order valence-corrected chi connectivity index (χ1v) is 10.3. The molecule has 1 fully saturated rings. The van der Waals surface area contributed by atoms with Crippen molar-refractivity contribution in [2.75, 3.05) is 13.1 Å². The van der Waals surface area contributed by atoms with Gasteiger partial charge < -0.3 is 11.1 Å². The third-order valence-electron chi connectivity index (χ3n) is 3.98. The summed E-state index contributed by atoms with van der Waals surface area (Å²) in [5.41, 5.74) is 6.68. The van der Waals surface area contributed by atoms with Gasteiger partial charge in [0.05, 0.1) is 9.92 Å². The van der Waals surface area contributed by atoms with Gasteiger partial charge in [0.15, 0.2) is 0 Å². The van der Waals surface area contributed by atoms with Crippen LogP contribution in [0.2, 0.25) is 0 Å². The molecule has 0 aliphatic carbocycles. The van der Waals surface area contributed by atoms with E-state index in [0.29, 0.717) is 15.5 Å². The van der Waals surface area contributed by atoms with Crippen LogP contribution in [0.25, 0.3) is 0 Å². The van der Waals surface area contributed by atoms with Gasteiger partial charge in [-0.2, -0.15) is 0 Å². The highest BCUT2D eigenvalue weighted by Crippen LogP contribution is 2.21. The molecule has 3 N–H and O–H groups in total. The summed E-state index contributed by atoms with van der Waals surface area (Å²) < 4.78 is 15.0. The Morgan fingerprint density at radius 3 is 2.64 bits per heavy atom. The van der Waals surface area contributed by atoms with Crippen molar-refractivity contribution in [3.63, 3.8) is 0 Å². The molecule has 1 amide bonds. The van der Waals surface area contributed by atoms with Crippen LogP contribution in [0.1, 0.15) is 41.6 Å². The van der Waals surface area contributed by atoms with Crippen LogP contribution in [0.5, 0.6) is 0 Å². The molecule has 1 unspecified atom stereocenters. The largest absolute Gasteiger partial charge is 0.404 e. The lowest BCUT2D eigenvalue weighted by atomic mass is 10.1. The van der Waals surface area contributed by atoms with E-state index in [2.05, 4.69) is 11.9 Å². The van der Waals surface area contributed by atoms with E-state index in [1.165, 1.54) is 30.8 Å². The number of benzene rings is 1. The fraction of sp³-hybridized carbons (Fsp3) is 0.389. The van der Waals surface area contributed by atoms with Crippen molar-refractivity contribution in [2.24, 2.45) is 5.73 Å². The fourth-order valence-electron chi connectivity index (χ4n) is 2.63. The number of amides is 1. The zero-order valence-electron chi connectivity index (χ0n) is 14.5. The number of carbonyl (C=O) groups is 1. The van der Waals surface area contributed by atoms with Gasteiger partial charge in [0, 0.05) is 24.9 Å². The third-order valence-corrected chi connectivity index (χ3v) is 6.31. The summed E-state index contributed by atoms with van der Waals surface area (Å²) >= 11 is 1.24. The van der Waals surface area contributed by atoms with Crippen molar-refractivity contribution >= 4 is 28.7 Å². The Labute approximate surface area is 156 Å². The van der Waals surface area contributed by atoms with Crippen LogP contribution in [0, 0.1) is 6.92 Å². The fourth-order valence-corrected chi connectivity index (χ4v) is 4.46. The number of thioether (sulfide) groups is 1. The molecule has 136 valence electrons. The van der Waals surface area contributed by atoms with Crippen LogP contribution in [-0.4, -0.2) is 27.5 Å². The first kappa shape index (κ1) is 19.8. The molecule has 1 heterocycles. The summed E-state index contributed by atoms with van der Waals surface area (Å²) in [4.78, 5) is 13.1. The average Bonchev–Trinajstić information content (AvgIpc) is 2.89. The molecule has 0 radical (unpaired) electrons. The van der Waals surface area contributed by atoms with Crippen molar-refractivity contribution in [1.29, 1.82) is 0 Å². The van der Waals surface area contributed by atoms with Gasteiger partial charge in [-0.05, 0) is 42.9 Å².